The Bertz CT molecular complexity index is 1250. The Balaban J connectivity index is 1.61. The summed E-state index contributed by atoms with van der Waals surface area (Å²) in [5.74, 6) is -0.424. The Morgan fingerprint density at radius 1 is 1.03 bits per heavy atom. The Labute approximate surface area is 184 Å². The maximum atomic E-state index is 12.9. The Morgan fingerprint density at radius 3 is 2.33 bits per heavy atom. The van der Waals surface area contributed by atoms with Crippen molar-refractivity contribution in [2.45, 2.75) is 30.6 Å². The van der Waals surface area contributed by atoms with Gasteiger partial charge in [0, 0.05) is 25.7 Å². The van der Waals surface area contributed by atoms with Gasteiger partial charge in [0.25, 0.3) is 5.91 Å². The molecule has 0 spiro atoms. The number of carbonyl (C=O) groups excluding carboxylic acids is 1. The predicted octanol–water partition coefficient (Wildman–Crippen LogP) is 4.20. The molecule has 0 unspecified atom stereocenters. The quantitative estimate of drug-likeness (QED) is 0.584. The second kappa shape index (κ2) is 8.63. The number of hydrogen-bond donors (Lipinski definition) is 0. The molecule has 3 aromatic rings. The zero-order valence-corrected chi connectivity index (χ0v) is 18.9. The van der Waals surface area contributed by atoms with Crippen LogP contribution in [0.2, 0.25) is 5.02 Å². The second-order valence-electron chi connectivity index (χ2n) is 7.29. The van der Waals surface area contributed by atoms with Crippen LogP contribution in [0.1, 0.15) is 36.0 Å². The van der Waals surface area contributed by atoms with E-state index in [0.717, 1.165) is 35.9 Å². The van der Waals surface area contributed by atoms with Crippen LogP contribution in [0.5, 0.6) is 0 Å². The number of aryl methyl sites for hydroxylation is 1. The normalized spacial score (nSPS) is 16.7. The third kappa shape index (κ3) is 4.09. The van der Waals surface area contributed by atoms with E-state index in [2.05, 4.69) is 4.99 Å². The SMILES string of the molecule is Cn1c(=NC(=O)c2ccc(S(=O)(=O)N3CCCCCC3)cc2)sc2cccc(Cl)c21. The van der Waals surface area contributed by atoms with Crippen molar-refractivity contribution in [3.05, 3.63) is 57.9 Å². The van der Waals surface area contributed by atoms with E-state index in [-0.39, 0.29) is 4.90 Å². The minimum Gasteiger partial charge on any atom is -0.318 e. The number of amides is 1. The Hall–Kier alpha value is -2.00. The molecule has 2 heterocycles. The summed E-state index contributed by atoms with van der Waals surface area (Å²) in [5, 5.41) is 0.600. The lowest BCUT2D eigenvalue weighted by Crippen LogP contribution is -2.31. The van der Waals surface area contributed by atoms with Crippen LogP contribution >= 0.6 is 22.9 Å². The number of aromatic nitrogens is 1. The maximum Gasteiger partial charge on any atom is 0.279 e. The van der Waals surface area contributed by atoms with Crippen LogP contribution in [0.25, 0.3) is 10.2 Å². The lowest BCUT2D eigenvalue weighted by atomic mass is 10.2. The first-order valence-corrected chi connectivity index (χ1v) is 12.4. The average molecular weight is 464 g/mol. The number of hydrogen-bond acceptors (Lipinski definition) is 4. The lowest BCUT2D eigenvalue weighted by Gasteiger charge is -2.19. The molecule has 4 rings (SSSR count). The number of para-hydroxylation sites is 1. The third-order valence-corrected chi connectivity index (χ3v) is 8.59. The molecule has 1 aliphatic rings. The average Bonchev–Trinajstić information content (AvgIpc) is 2.90. The number of benzene rings is 2. The second-order valence-corrected chi connectivity index (χ2v) is 10.6. The van der Waals surface area contributed by atoms with Crippen molar-refractivity contribution in [1.82, 2.24) is 8.87 Å². The number of sulfonamides is 1. The highest BCUT2D eigenvalue weighted by molar-refractivity contribution is 7.89. The molecule has 1 aliphatic heterocycles. The number of fused-ring (bicyclic) bond motifs is 1. The van der Waals surface area contributed by atoms with Crippen molar-refractivity contribution < 1.29 is 13.2 Å². The van der Waals surface area contributed by atoms with Crippen LogP contribution in [-0.4, -0.2) is 36.3 Å². The topological polar surface area (TPSA) is 71.7 Å². The first-order chi connectivity index (χ1) is 14.4. The smallest absolute Gasteiger partial charge is 0.279 e. The van der Waals surface area contributed by atoms with Gasteiger partial charge < -0.3 is 4.57 Å². The molecule has 0 aliphatic carbocycles. The first-order valence-electron chi connectivity index (χ1n) is 9.81. The summed E-state index contributed by atoms with van der Waals surface area (Å²) in [6, 6.07) is 11.6. The number of halogens is 1. The summed E-state index contributed by atoms with van der Waals surface area (Å²) in [4.78, 5) is 17.6. The van der Waals surface area contributed by atoms with Crippen LogP contribution < -0.4 is 4.80 Å². The van der Waals surface area contributed by atoms with E-state index in [1.165, 1.54) is 35.6 Å². The molecule has 0 saturated carbocycles. The molecule has 0 bridgehead atoms. The van der Waals surface area contributed by atoms with Crippen LogP contribution in [0.4, 0.5) is 0 Å². The van der Waals surface area contributed by atoms with Crippen molar-refractivity contribution in [2.75, 3.05) is 13.1 Å². The minimum absolute atomic E-state index is 0.208. The van der Waals surface area contributed by atoms with Gasteiger partial charge in [0.2, 0.25) is 10.0 Å². The Morgan fingerprint density at radius 2 is 1.70 bits per heavy atom. The van der Waals surface area contributed by atoms with Gasteiger partial charge in [-0.2, -0.15) is 9.30 Å². The van der Waals surface area contributed by atoms with E-state index in [9.17, 15) is 13.2 Å². The fourth-order valence-electron chi connectivity index (χ4n) is 3.62. The summed E-state index contributed by atoms with van der Waals surface area (Å²) in [6.45, 7) is 1.09. The highest BCUT2D eigenvalue weighted by Gasteiger charge is 2.25. The third-order valence-electron chi connectivity index (χ3n) is 5.27. The van der Waals surface area contributed by atoms with Gasteiger partial charge in [0.15, 0.2) is 4.80 Å². The monoisotopic (exact) mass is 463 g/mol. The molecular formula is C21H22ClN3O3S2. The van der Waals surface area contributed by atoms with E-state index in [4.69, 9.17) is 11.6 Å². The van der Waals surface area contributed by atoms with Crippen LogP contribution in [-0.2, 0) is 17.1 Å². The molecule has 1 aromatic heterocycles. The number of carbonyl (C=O) groups is 1. The van der Waals surface area contributed by atoms with Crippen LogP contribution in [0.15, 0.2) is 52.4 Å². The van der Waals surface area contributed by atoms with Crippen molar-refractivity contribution >= 4 is 49.1 Å². The van der Waals surface area contributed by atoms with Crippen molar-refractivity contribution in [2.24, 2.45) is 12.0 Å². The van der Waals surface area contributed by atoms with E-state index in [1.807, 2.05) is 19.2 Å². The zero-order valence-electron chi connectivity index (χ0n) is 16.5. The summed E-state index contributed by atoms with van der Waals surface area (Å²) in [7, 11) is -1.73. The molecular weight excluding hydrogens is 442 g/mol. The molecule has 1 amide bonds. The van der Waals surface area contributed by atoms with Gasteiger partial charge >= 0.3 is 0 Å². The van der Waals surface area contributed by atoms with E-state index >= 15 is 0 Å². The van der Waals surface area contributed by atoms with Crippen molar-refractivity contribution in [1.29, 1.82) is 0 Å². The molecule has 0 atom stereocenters. The predicted molar refractivity (Wildman–Crippen MR) is 119 cm³/mol. The fraction of sp³-hybridized carbons (Fsp3) is 0.333. The van der Waals surface area contributed by atoms with Gasteiger partial charge in [-0.1, -0.05) is 41.8 Å². The fourth-order valence-corrected chi connectivity index (χ4v) is 6.53. The van der Waals surface area contributed by atoms with Gasteiger partial charge in [-0.05, 0) is 49.2 Å². The molecule has 2 aromatic carbocycles. The molecule has 0 N–H and O–H groups in total. The van der Waals surface area contributed by atoms with Crippen LogP contribution in [0, 0.1) is 0 Å². The highest BCUT2D eigenvalue weighted by Crippen LogP contribution is 2.25. The van der Waals surface area contributed by atoms with Gasteiger partial charge in [-0.25, -0.2) is 8.42 Å². The molecule has 1 saturated heterocycles. The molecule has 9 heteroatoms. The maximum absolute atomic E-state index is 12.9. The van der Waals surface area contributed by atoms with Gasteiger partial charge in [0.1, 0.15) is 0 Å². The molecule has 6 nitrogen and oxygen atoms in total. The van der Waals surface area contributed by atoms with Crippen molar-refractivity contribution in [3.8, 4) is 0 Å². The molecule has 0 radical (unpaired) electrons. The van der Waals surface area contributed by atoms with E-state index < -0.39 is 15.9 Å². The molecule has 158 valence electrons. The molecule has 1 fully saturated rings. The van der Waals surface area contributed by atoms with Crippen LogP contribution in [0.3, 0.4) is 0 Å². The highest BCUT2D eigenvalue weighted by atomic mass is 35.5. The number of thiazole rings is 1. The number of rotatable bonds is 3. The summed E-state index contributed by atoms with van der Waals surface area (Å²) in [5.41, 5.74) is 1.17. The van der Waals surface area contributed by atoms with Gasteiger partial charge in [-0.3, -0.25) is 4.79 Å². The first kappa shape index (κ1) is 21.2. The van der Waals surface area contributed by atoms with E-state index in [1.54, 1.807) is 14.9 Å². The van der Waals surface area contributed by atoms with Gasteiger partial charge in [-0.15, -0.1) is 0 Å². The largest absolute Gasteiger partial charge is 0.318 e. The molecule has 30 heavy (non-hydrogen) atoms. The summed E-state index contributed by atoms with van der Waals surface area (Å²) >= 11 is 7.64. The summed E-state index contributed by atoms with van der Waals surface area (Å²) < 4.78 is 30.1. The minimum atomic E-state index is -3.54. The zero-order chi connectivity index (χ0) is 21.3. The van der Waals surface area contributed by atoms with Gasteiger partial charge in [0.05, 0.1) is 20.1 Å². The standard InChI is InChI=1S/C21H22ClN3O3S2/c1-24-19-17(22)7-6-8-18(19)29-21(24)23-20(26)15-9-11-16(12-10-15)30(27,28)25-13-4-2-3-5-14-25/h6-12H,2-5,13-14H2,1H3. The lowest BCUT2D eigenvalue weighted by molar-refractivity contribution is 0.0998. The van der Waals surface area contributed by atoms with E-state index in [0.29, 0.717) is 28.5 Å². The Kier molecular flexibility index (Phi) is 6.11. The van der Waals surface area contributed by atoms with Crippen molar-refractivity contribution in [3.63, 3.8) is 0 Å². The number of nitrogens with zero attached hydrogens (tertiary/aromatic N) is 3. The summed E-state index contributed by atoms with van der Waals surface area (Å²) in [6.07, 6.45) is 3.87.